The van der Waals surface area contributed by atoms with Gasteiger partial charge in [-0.3, -0.25) is 19.5 Å². The summed E-state index contributed by atoms with van der Waals surface area (Å²) in [7, 11) is 0. The summed E-state index contributed by atoms with van der Waals surface area (Å²) in [6, 6.07) is 12.3. The molecule has 1 aliphatic heterocycles. The average molecular weight is 355 g/mol. The van der Waals surface area contributed by atoms with Gasteiger partial charge in [0.05, 0.1) is 28.2 Å². The van der Waals surface area contributed by atoms with E-state index in [2.05, 4.69) is 15.6 Å². The molecule has 2 heterocycles. The van der Waals surface area contributed by atoms with E-state index < -0.39 is 6.04 Å². The first-order valence-electron chi connectivity index (χ1n) is 7.87. The molecule has 4 rings (SSSR count). The van der Waals surface area contributed by atoms with Crippen molar-refractivity contribution in [2.45, 2.75) is 19.4 Å². The Balaban J connectivity index is 1.59. The van der Waals surface area contributed by atoms with Crippen molar-refractivity contribution in [3.8, 4) is 0 Å². The normalized spacial score (nSPS) is 15.9. The zero-order valence-electron chi connectivity index (χ0n) is 13.4. The molecule has 3 aromatic rings. The largest absolute Gasteiger partial charge is 0.325 e. The number of carbonyl (C=O) groups is 2. The molecule has 0 radical (unpaired) electrons. The Labute approximate surface area is 148 Å². The molecule has 0 aliphatic carbocycles. The number of nitrogens with one attached hydrogen (secondary N) is 2. The lowest BCUT2D eigenvalue weighted by molar-refractivity contribution is -0.123. The van der Waals surface area contributed by atoms with Crippen LogP contribution in [0, 0.1) is 6.92 Å². The van der Waals surface area contributed by atoms with Crippen LogP contribution in [0.3, 0.4) is 0 Å². The van der Waals surface area contributed by atoms with E-state index in [1.54, 1.807) is 16.7 Å². The van der Waals surface area contributed by atoms with Gasteiger partial charge in [-0.1, -0.05) is 29.8 Å². The number of anilines is 2. The zero-order valence-corrected chi connectivity index (χ0v) is 14.2. The third-order valence-corrected chi connectivity index (χ3v) is 4.54. The number of nitrogens with zero attached hydrogens (tertiary/aromatic N) is 2. The minimum Gasteiger partial charge on any atom is -0.325 e. The van der Waals surface area contributed by atoms with Crippen LogP contribution in [-0.2, 0) is 9.59 Å². The first-order valence-corrected chi connectivity index (χ1v) is 8.24. The van der Waals surface area contributed by atoms with E-state index in [1.165, 1.54) is 0 Å². The minimum absolute atomic E-state index is 0.00337. The van der Waals surface area contributed by atoms with Crippen LogP contribution in [0.25, 0.3) is 11.0 Å². The second-order valence-electron chi connectivity index (χ2n) is 6.03. The second kappa shape index (κ2) is 5.89. The van der Waals surface area contributed by atoms with Gasteiger partial charge in [0.1, 0.15) is 6.04 Å². The number of rotatable bonds is 3. The fourth-order valence-corrected chi connectivity index (χ4v) is 3.32. The molecule has 2 aromatic carbocycles. The van der Waals surface area contributed by atoms with Gasteiger partial charge in [0, 0.05) is 0 Å². The molecule has 1 atom stereocenters. The number of benzene rings is 2. The molecule has 1 aliphatic rings. The van der Waals surface area contributed by atoms with Gasteiger partial charge in [-0.15, -0.1) is 0 Å². The van der Waals surface area contributed by atoms with Crippen molar-refractivity contribution in [2.24, 2.45) is 0 Å². The Kier molecular flexibility index (Phi) is 3.69. The van der Waals surface area contributed by atoms with Crippen LogP contribution in [-0.4, -0.2) is 21.4 Å². The fourth-order valence-electron chi connectivity index (χ4n) is 3.04. The van der Waals surface area contributed by atoms with Crippen molar-refractivity contribution in [1.29, 1.82) is 0 Å². The van der Waals surface area contributed by atoms with E-state index in [0.717, 1.165) is 16.6 Å². The molecule has 0 saturated carbocycles. The van der Waals surface area contributed by atoms with Crippen LogP contribution in [0.5, 0.6) is 0 Å². The monoisotopic (exact) mass is 354 g/mol. The Morgan fingerprint density at radius 3 is 2.92 bits per heavy atom. The van der Waals surface area contributed by atoms with Crippen molar-refractivity contribution in [1.82, 2.24) is 9.55 Å². The van der Waals surface area contributed by atoms with Gasteiger partial charge in [-0.05, 0) is 36.8 Å². The number of hydrogen-bond acceptors (Lipinski definition) is 3. The highest BCUT2D eigenvalue weighted by molar-refractivity contribution is 6.33. The fraction of sp³-hybridized carbons (Fsp3) is 0.167. The molecular weight excluding hydrogens is 340 g/mol. The lowest BCUT2D eigenvalue weighted by atomic mass is 10.1. The minimum atomic E-state index is -0.633. The highest BCUT2D eigenvalue weighted by atomic mass is 35.5. The summed E-state index contributed by atoms with van der Waals surface area (Å²) >= 11 is 6.15. The third-order valence-electron chi connectivity index (χ3n) is 4.22. The number of amides is 2. The Morgan fingerprint density at radius 1 is 1.32 bits per heavy atom. The van der Waals surface area contributed by atoms with Crippen molar-refractivity contribution < 1.29 is 9.59 Å². The molecule has 2 N–H and O–H groups in total. The molecule has 1 aromatic heterocycles. The highest BCUT2D eigenvalue weighted by Crippen LogP contribution is 2.32. The summed E-state index contributed by atoms with van der Waals surface area (Å²) in [5.74, 6) is -0.0488. The summed E-state index contributed by atoms with van der Waals surface area (Å²) < 4.78 is 1.77. The van der Waals surface area contributed by atoms with Gasteiger partial charge >= 0.3 is 0 Å². The molecule has 0 spiro atoms. The van der Waals surface area contributed by atoms with E-state index in [-0.39, 0.29) is 18.2 Å². The summed E-state index contributed by atoms with van der Waals surface area (Å²) in [6.45, 7) is 1.92. The number of fused-ring (bicyclic) bond motifs is 3. The molecule has 25 heavy (non-hydrogen) atoms. The van der Waals surface area contributed by atoms with Crippen LogP contribution in [0.2, 0.25) is 5.02 Å². The van der Waals surface area contributed by atoms with E-state index in [9.17, 15) is 9.59 Å². The first-order chi connectivity index (χ1) is 12.0. The summed E-state index contributed by atoms with van der Waals surface area (Å²) in [4.78, 5) is 29.1. The molecule has 0 bridgehead atoms. The first kappa shape index (κ1) is 15.7. The van der Waals surface area contributed by atoms with E-state index in [0.29, 0.717) is 16.7 Å². The lowest BCUT2D eigenvalue weighted by Gasteiger charge is -2.13. The van der Waals surface area contributed by atoms with Crippen molar-refractivity contribution in [3.05, 3.63) is 53.1 Å². The number of aryl methyl sites for hydroxylation is 1. The molecular formula is C18H15ClN4O2. The van der Waals surface area contributed by atoms with Gasteiger partial charge in [-0.25, -0.2) is 4.98 Å². The number of para-hydroxylation sites is 2. The van der Waals surface area contributed by atoms with E-state index >= 15 is 0 Å². The summed E-state index contributed by atoms with van der Waals surface area (Å²) in [6.07, 6.45) is 0.00337. The molecule has 0 saturated heterocycles. The summed E-state index contributed by atoms with van der Waals surface area (Å²) in [5, 5.41) is 5.97. The number of carbonyl (C=O) groups excluding carboxylic acids is 2. The van der Waals surface area contributed by atoms with E-state index in [4.69, 9.17) is 11.6 Å². The average Bonchev–Trinajstić information content (AvgIpc) is 3.06. The Bertz CT molecular complexity index is 1010. The standard InChI is InChI=1S/C18H15ClN4O2/c1-10-6-7-12(11(19)8-10)20-16(24)9-15-17(25)22-18-21-13-4-2-3-5-14(13)23(15)18/h2-8,15H,9H2,1H3,(H,20,24)(H,21,22,25)/t15-/m0/s1. The molecule has 2 amide bonds. The van der Waals surface area contributed by atoms with Crippen LogP contribution >= 0.6 is 11.6 Å². The Hall–Kier alpha value is -2.86. The maximum Gasteiger partial charge on any atom is 0.250 e. The molecule has 6 nitrogen and oxygen atoms in total. The predicted octanol–water partition coefficient (Wildman–Crippen LogP) is 3.52. The second-order valence-corrected chi connectivity index (χ2v) is 6.44. The van der Waals surface area contributed by atoms with Gasteiger partial charge in [0.15, 0.2) is 0 Å². The Morgan fingerprint density at radius 2 is 2.12 bits per heavy atom. The predicted molar refractivity (Wildman–Crippen MR) is 96.8 cm³/mol. The third kappa shape index (κ3) is 2.74. The smallest absolute Gasteiger partial charge is 0.250 e. The van der Waals surface area contributed by atoms with Crippen LogP contribution in [0.15, 0.2) is 42.5 Å². The van der Waals surface area contributed by atoms with Gasteiger partial charge in [0.2, 0.25) is 17.8 Å². The van der Waals surface area contributed by atoms with Crippen molar-refractivity contribution in [2.75, 3.05) is 10.6 Å². The molecule has 7 heteroatoms. The van der Waals surface area contributed by atoms with Gasteiger partial charge < -0.3 is 5.32 Å². The number of aromatic nitrogens is 2. The lowest BCUT2D eigenvalue weighted by Crippen LogP contribution is -2.23. The number of imidazole rings is 1. The highest BCUT2D eigenvalue weighted by Gasteiger charge is 2.34. The van der Waals surface area contributed by atoms with Crippen molar-refractivity contribution >= 4 is 46.1 Å². The van der Waals surface area contributed by atoms with Gasteiger partial charge in [0.25, 0.3) is 0 Å². The van der Waals surface area contributed by atoms with Crippen LogP contribution in [0.4, 0.5) is 11.6 Å². The molecule has 126 valence electrons. The molecule has 0 unspecified atom stereocenters. The van der Waals surface area contributed by atoms with Gasteiger partial charge in [-0.2, -0.15) is 0 Å². The van der Waals surface area contributed by atoms with Crippen LogP contribution in [0.1, 0.15) is 18.0 Å². The zero-order chi connectivity index (χ0) is 17.6. The topological polar surface area (TPSA) is 76.0 Å². The maximum atomic E-state index is 12.4. The summed E-state index contributed by atoms with van der Waals surface area (Å²) in [5.41, 5.74) is 3.14. The van der Waals surface area contributed by atoms with Crippen LogP contribution < -0.4 is 10.6 Å². The maximum absolute atomic E-state index is 12.4. The SMILES string of the molecule is Cc1ccc(NC(=O)C[C@H]2C(=O)Nc3nc4ccccc4n32)c(Cl)c1. The van der Waals surface area contributed by atoms with Crippen molar-refractivity contribution in [3.63, 3.8) is 0 Å². The quantitative estimate of drug-likeness (QED) is 0.755. The number of halogens is 1. The number of hydrogen-bond donors (Lipinski definition) is 2. The molecule has 0 fully saturated rings. The van der Waals surface area contributed by atoms with E-state index in [1.807, 2.05) is 37.3 Å².